The number of benzene rings is 1. The van der Waals surface area contributed by atoms with Crippen molar-refractivity contribution in [1.82, 2.24) is 30.6 Å². The van der Waals surface area contributed by atoms with E-state index in [1.807, 2.05) is 37.3 Å². The molecule has 0 spiro atoms. The van der Waals surface area contributed by atoms with Crippen LogP contribution >= 0.6 is 24.8 Å². The number of nitrogens with one attached hydrogen (secondary N) is 2. The van der Waals surface area contributed by atoms with Crippen molar-refractivity contribution in [3.05, 3.63) is 59.6 Å². The predicted octanol–water partition coefficient (Wildman–Crippen LogP) is 2.62. The predicted molar refractivity (Wildman–Crippen MR) is 114 cm³/mol. The summed E-state index contributed by atoms with van der Waals surface area (Å²) in [6.07, 6.45) is 4.84. The number of pyridine rings is 1. The molecule has 148 valence electrons. The van der Waals surface area contributed by atoms with Gasteiger partial charge in [0.25, 0.3) is 5.91 Å². The summed E-state index contributed by atoms with van der Waals surface area (Å²) in [7, 11) is 0. The molecule has 9 heteroatoms. The van der Waals surface area contributed by atoms with Gasteiger partial charge in [0.2, 0.25) is 0 Å². The van der Waals surface area contributed by atoms with Crippen LogP contribution in [-0.4, -0.2) is 45.5 Å². The zero-order chi connectivity index (χ0) is 17.9. The second-order valence-corrected chi connectivity index (χ2v) is 6.31. The molecule has 1 aliphatic rings. The van der Waals surface area contributed by atoms with Gasteiger partial charge in [-0.1, -0.05) is 22.9 Å². The maximum Gasteiger partial charge on any atom is 0.274 e. The van der Waals surface area contributed by atoms with E-state index in [1.54, 1.807) is 10.9 Å². The molecule has 3 aromatic rings. The third-order valence-electron chi connectivity index (χ3n) is 4.57. The molecule has 2 aromatic heterocycles. The summed E-state index contributed by atoms with van der Waals surface area (Å²) in [5.41, 5.74) is 4.08. The second-order valence-electron chi connectivity index (χ2n) is 6.31. The van der Waals surface area contributed by atoms with Crippen LogP contribution in [0.4, 0.5) is 0 Å². The van der Waals surface area contributed by atoms with Crippen molar-refractivity contribution < 1.29 is 4.79 Å². The van der Waals surface area contributed by atoms with Gasteiger partial charge >= 0.3 is 0 Å². The van der Waals surface area contributed by atoms with Crippen molar-refractivity contribution in [1.29, 1.82) is 0 Å². The van der Waals surface area contributed by atoms with Crippen molar-refractivity contribution in [3.63, 3.8) is 0 Å². The van der Waals surface area contributed by atoms with Crippen LogP contribution in [0.3, 0.4) is 0 Å². The molecule has 0 fully saturated rings. The lowest BCUT2D eigenvalue weighted by Crippen LogP contribution is -2.30. The summed E-state index contributed by atoms with van der Waals surface area (Å²) in [5, 5.41) is 15.5. The van der Waals surface area contributed by atoms with Crippen LogP contribution in [0.5, 0.6) is 0 Å². The average Bonchev–Trinajstić information content (AvgIpc) is 3.08. The maximum atomic E-state index is 12.5. The first-order valence-electron chi connectivity index (χ1n) is 8.66. The monoisotopic (exact) mass is 420 g/mol. The number of nitrogens with zero attached hydrogens (tertiary/aromatic N) is 4. The van der Waals surface area contributed by atoms with E-state index in [2.05, 4.69) is 32.0 Å². The summed E-state index contributed by atoms with van der Waals surface area (Å²) in [4.78, 5) is 16.8. The van der Waals surface area contributed by atoms with Gasteiger partial charge in [0.1, 0.15) is 0 Å². The van der Waals surface area contributed by atoms with Gasteiger partial charge in [-0.25, -0.2) is 4.68 Å². The normalized spacial score (nSPS) is 13.2. The number of aromatic nitrogens is 4. The molecule has 1 aromatic carbocycles. The summed E-state index contributed by atoms with van der Waals surface area (Å²) >= 11 is 0. The highest BCUT2D eigenvalue weighted by molar-refractivity contribution is 5.93. The third-order valence-corrected chi connectivity index (χ3v) is 4.57. The number of carbonyl (C=O) groups is 1. The zero-order valence-electron chi connectivity index (χ0n) is 15.4. The molecular weight excluding hydrogens is 399 g/mol. The Morgan fingerprint density at radius 1 is 1.29 bits per heavy atom. The highest BCUT2D eigenvalue weighted by Gasteiger charge is 2.18. The fraction of sp³-hybridized carbons (Fsp3) is 0.263. The number of hydrogen-bond donors (Lipinski definition) is 2. The summed E-state index contributed by atoms with van der Waals surface area (Å²) in [6.45, 7) is 4.21. The first kappa shape index (κ1) is 21.8. The van der Waals surface area contributed by atoms with Crippen LogP contribution in [0.2, 0.25) is 0 Å². The van der Waals surface area contributed by atoms with Gasteiger partial charge in [-0.05, 0) is 44.2 Å². The van der Waals surface area contributed by atoms with Gasteiger partial charge in [0, 0.05) is 24.7 Å². The van der Waals surface area contributed by atoms with Crippen LogP contribution in [0.15, 0.2) is 48.2 Å². The molecule has 0 unspecified atom stereocenters. The van der Waals surface area contributed by atoms with E-state index in [1.165, 1.54) is 5.57 Å². The van der Waals surface area contributed by atoms with Gasteiger partial charge in [-0.3, -0.25) is 9.78 Å². The quantitative estimate of drug-likeness (QED) is 0.633. The van der Waals surface area contributed by atoms with Crippen molar-refractivity contribution >= 4 is 41.6 Å². The van der Waals surface area contributed by atoms with Crippen LogP contribution < -0.4 is 10.6 Å². The van der Waals surface area contributed by atoms with Crippen molar-refractivity contribution in [2.24, 2.45) is 0 Å². The van der Waals surface area contributed by atoms with Gasteiger partial charge < -0.3 is 10.6 Å². The fourth-order valence-electron chi connectivity index (χ4n) is 3.09. The van der Waals surface area contributed by atoms with Gasteiger partial charge in [-0.2, -0.15) is 0 Å². The van der Waals surface area contributed by atoms with E-state index in [-0.39, 0.29) is 30.7 Å². The van der Waals surface area contributed by atoms with Gasteiger partial charge in [-0.15, -0.1) is 29.9 Å². The van der Waals surface area contributed by atoms with Crippen molar-refractivity contribution in [3.8, 4) is 5.69 Å². The SMILES string of the molecule is Cc1c(C(=O)NCC2=CCNCC2)nnn1-c1ccc2ncccc2c1.Cl.Cl. The molecule has 0 atom stereocenters. The summed E-state index contributed by atoms with van der Waals surface area (Å²) < 4.78 is 1.69. The Morgan fingerprint density at radius 3 is 2.93 bits per heavy atom. The van der Waals surface area contributed by atoms with E-state index in [4.69, 9.17) is 0 Å². The first-order chi connectivity index (χ1) is 12.7. The number of halogens is 2. The summed E-state index contributed by atoms with van der Waals surface area (Å²) in [6, 6.07) is 9.76. The molecule has 1 aliphatic heterocycles. The minimum Gasteiger partial charge on any atom is -0.347 e. The Labute approximate surface area is 175 Å². The van der Waals surface area contributed by atoms with Crippen LogP contribution in [0, 0.1) is 6.92 Å². The van der Waals surface area contributed by atoms with Crippen molar-refractivity contribution in [2.45, 2.75) is 13.3 Å². The Morgan fingerprint density at radius 2 is 2.14 bits per heavy atom. The van der Waals surface area contributed by atoms with E-state index >= 15 is 0 Å². The lowest BCUT2D eigenvalue weighted by atomic mass is 10.1. The molecule has 0 bridgehead atoms. The largest absolute Gasteiger partial charge is 0.347 e. The topological polar surface area (TPSA) is 84.7 Å². The average molecular weight is 421 g/mol. The molecule has 0 radical (unpaired) electrons. The minimum absolute atomic E-state index is 0. The highest BCUT2D eigenvalue weighted by atomic mass is 35.5. The first-order valence-corrected chi connectivity index (χ1v) is 8.66. The number of fused-ring (bicyclic) bond motifs is 1. The Bertz CT molecular complexity index is 1000. The molecule has 0 aliphatic carbocycles. The number of amides is 1. The standard InChI is InChI=1S/C19H20N6O.2ClH/c1-13-18(19(26)22-12-14-6-9-20-10-7-14)23-24-25(13)16-4-5-17-15(11-16)3-2-8-21-17;;/h2-6,8,11,20H,7,9-10,12H2,1H3,(H,22,26);2*1H. The van der Waals surface area contributed by atoms with Gasteiger partial charge in [0.15, 0.2) is 5.69 Å². The van der Waals surface area contributed by atoms with E-state index in [0.717, 1.165) is 36.1 Å². The van der Waals surface area contributed by atoms with Crippen LogP contribution in [0.25, 0.3) is 16.6 Å². The third kappa shape index (κ3) is 4.49. The molecule has 1 amide bonds. The number of hydrogen-bond acceptors (Lipinski definition) is 5. The Hall–Kier alpha value is -2.48. The van der Waals surface area contributed by atoms with E-state index in [9.17, 15) is 4.79 Å². The van der Waals surface area contributed by atoms with Gasteiger partial charge in [0.05, 0.1) is 16.9 Å². The number of rotatable bonds is 4. The van der Waals surface area contributed by atoms with Crippen LogP contribution in [0.1, 0.15) is 22.6 Å². The minimum atomic E-state index is -0.198. The van der Waals surface area contributed by atoms with Crippen molar-refractivity contribution in [2.75, 3.05) is 19.6 Å². The lowest BCUT2D eigenvalue weighted by molar-refractivity contribution is 0.0951. The Kier molecular flexibility index (Phi) is 7.51. The zero-order valence-corrected chi connectivity index (χ0v) is 17.0. The smallest absolute Gasteiger partial charge is 0.274 e. The highest BCUT2D eigenvalue weighted by Crippen LogP contribution is 2.18. The molecule has 4 rings (SSSR count). The van der Waals surface area contributed by atoms with E-state index < -0.39 is 0 Å². The fourth-order valence-corrected chi connectivity index (χ4v) is 3.09. The molecule has 0 saturated heterocycles. The van der Waals surface area contributed by atoms with Crippen LogP contribution in [-0.2, 0) is 0 Å². The maximum absolute atomic E-state index is 12.5. The number of carbonyl (C=O) groups excluding carboxylic acids is 1. The molecule has 28 heavy (non-hydrogen) atoms. The summed E-state index contributed by atoms with van der Waals surface area (Å²) in [5.74, 6) is -0.198. The molecule has 3 heterocycles. The molecule has 7 nitrogen and oxygen atoms in total. The molecule has 0 saturated carbocycles. The second kappa shape index (κ2) is 9.64. The molecular formula is C19H22Cl2N6O. The lowest BCUT2D eigenvalue weighted by Gasteiger charge is -2.14. The Balaban J connectivity index is 0.00000140. The van der Waals surface area contributed by atoms with E-state index in [0.29, 0.717) is 17.9 Å². The molecule has 2 N–H and O–H groups in total.